The molecule has 0 aliphatic carbocycles. The topological polar surface area (TPSA) is 161 Å². The van der Waals surface area contributed by atoms with E-state index < -0.39 is 49.1 Å². The number of nitrogens with one attached hydrogen (secondary N) is 2. The van der Waals surface area contributed by atoms with Gasteiger partial charge < -0.3 is 30.7 Å². The Morgan fingerprint density at radius 2 is 1.96 bits per heavy atom. The molecule has 1 aliphatic heterocycles. The number of amides is 3. The SMILES string of the molecule is CC(=O)N[C@H]1[C@@H](O)[C@H](O)[C@@H](CO)O[C@H]1NC(=O)N(CCCl)N=O. The Hall–Kier alpha value is -1.53. The van der Waals surface area contributed by atoms with Crippen molar-refractivity contribution in [3.05, 3.63) is 4.91 Å². The molecular formula is C11H19ClN4O7. The Morgan fingerprint density at radius 1 is 1.30 bits per heavy atom. The fourth-order valence-electron chi connectivity index (χ4n) is 2.09. The minimum absolute atomic E-state index is 0.0413. The summed E-state index contributed by atoms with van der Waals surface area (Å²) in [7, 11) is 0. The summed E-state index contributed by atoms with van der Waals surface area (Å²) < 4.78 is 5.27. The Bertz CT molecular complexity index is 441. The third kappa shape index (κ3) is 4.97. The number of urea groups is 1. The average Bonchev–Trinajstić information content (AvgIpc) is 2.51. The van der Waals surface area contributed by atoms with Crippen molar-refractivity contribution in [2.24, 2.45) is 5.29 Å². The summed E-state index contributed by atoms with van der Waals surface area (Å²) in [5, 5.41) is 36.6. The molecule has 0 aromatic heterocycles. The summed E-state index contributed by atoms with van der Waals surface area (Å²) in [6.07, 6.45) is -5.48. The molecule has 0 bridgehead atoms. The Labute approximate surface area is 136 Å². The van der Waals surface area contributed by atoms with E-state index in [0.29, 0.717) is 5.01 Å². The first-order valence-electron chi connectivity index (χ1n) is 6.72. The van der Waals surface area contributed by atoms with Crippen LogP contribution in [0.3, 0.4) is 0 Å². The predicted molar refractivity (Wildman–Crippen MR) is 77.1 cm³/mol. The van der Waals surface area contributed by atoms with Crippen LogP contribution in [0.4, 0.5) is 4.79 Å². The van der Waals surface area contributed by atoms with Gasteiger partial charge in [-0.3, -0.25) is 4.79 Å². The maximum absolute atomic E-state index is 11.9. The van der Waals surface area contributed by atoms with E-state index in [1.165, 1.54) is 6.92 Å². The molecule has 5 atom stereocenters. The van der Waals surface area contributed by atoms with Crippen molar-refractivity contribution < 1.29 is 29.6 Å². The fourth-order valence-corrected chi connectivity index (χ4v) is 2.25. The molecule has 5 N–H and O–H groups in total. The Kier molecular flexibility index (Phi) is 7.58. The first-order valence-corrected chi connectivity index (χ1v) is 7.26. The molecule has 1 rings (SSSR count). The number of hydrogen-bond donors (Lipinski definition) is 5. The third-order valence-electron chi connectivity index (χ3n) is 3.19. The van der Waals surface area contributed by atoms with Crippen molar-refractivity contribution in [2.45, 2.75) is 37.5 Å². The number of rotatable bonds is 6. The highest BCUT2D eigenvalue weighted by Crippen LogP contribution is 2.20. The molecule has 0 radical (unpaired) electrons. The van der Waals surface area contributed by atoms with Crippen molar-refractivity contribution in [3.63, 3.8) is 0 Å². The molecule has 0 saturated carbocycles. The lowest BCUT2D eigenvalue weighted by Crippen LogP contribution is -2.68. The van der Waals surface area contributed by atoms with Gasteiger partial charge in [-0.1, -0.05) is 0 Å². The molecule has 1 saturated heterocycles. The van der Waals surface area contributed by atoms with Gasteiger partial charge in [-0.2, -0.15) is 5.01 Å². The lowest BCUT2D eigenvalue weighted by atomic mass is 9.96. The van der Waals surface area contributed by atoms with Gasteiger partial charge in [-0.15, -0.1) is 16.5 Å². The number of carbonyl (C=O) groups is 2. The largest absolute Gasteiger partial charge is 0.394 e. The lowest BCUT2D eigenvalue weighted by Gasteiger charge is -2.42. The zero-order chi connectivity index (χ0) is 17.6. The summed E-state index contributed by atoms with van der Waals surface area (Å²) >= 11 is 5.43. The second-order valence-electron chi connectivity index (χ2n) is 4.83. The smallest absolute Gasteiger partial charge is 0.342 e. The number of carbonyl (C=O) groups excluding carboxylic acids is 2. The molecule has 11 nitrogen and oxygen atoms in total. The van der Waals surface area contributed by atoms with Gasteiger partial charge >= 0.3 is 6.03 Å². The number of nitrogens with zero attached hydrogens (tertiary/aromatic N) is 2. The normalized spacial score (nSPS) is 30.4. The second-order valence-corrected chi connectivity index (χ2v) is 5.21. The minimum atomic E-state index is -1.51. The summed E-state index contributed by atoms with van der Waals surface area (Å²) in [5.41, 5.74) is 0. The molecule has 12 heteroatoms. The molecule has 0 unspecified atom stereocenters. The second kappa shape index (κ2) is 8.93. The molecule has 0 aromatic carbocycles. The van der Waals surface area contributed by atoms with Crippen LogP contribution in [0.2, 0.25) is 0 Å². The van der Waals surface area contributed by atoms with Crippen LogP contribution >= 0.6 is 11.6 Å². The van der Waals surface area contributed by atoms with E-state index in [9.17, 15) is 24.7 Å². The van der Waals surface area contributed by atoms with Crippen molar-refractivity contribution in [1.82, 2.24) is 15.6 Å². The number of alkyl halides is 1. The van der Waals surface area contributed by atoms with E-state index in [1.54, 1.807) is 0 Å². The van der Waals surface area contributed by atoms with Gasteiger partial charge in [0, 0.05) is 12.8 Å². The summed E-state index contributed by atoms with van der Waals surface area (Å²) in [5.74, 6) is -0.585. The highest BCUT2D eigenvalue weighted by molar-refractivity contribution is 6.18. The molecule has 132 valence electrons. The van der Waals surface area contributed by atoms with Gasteiger partial charge in [-0.05, 0) is 0 Å². The van der Waals surface area contributed by atoms with E-state index >= 15 is 0 Å². The van der Waals surface area contributed by atoms with Gasteiger partial charge in [0.25, 0.3) is 0 Å². The molecule has 3 amide bonds. The maximum Gasteiger partial charge on any atom is 0.342 e. The van der Waals surface area contributed by atoms with Crippen LogP contribution in [0.1, 0.15) is 6.92 Å². The van der Waals surface area contributed by atoms with Gasteiger partial charge in [0.05, 0.1) is 18.4 Å². The lowest BCUT2D eigenvalue weighted by molar-refractivity contribution is -0.199. The van der Waals surface area contributed by atoms with Crippen LogP contribution in [-0.2, 0) is 9.53 Å². The minimum Gasteiger partial charge on any atom is -0.394 e. The van der Waals surface area contributed by atoms with Crippen LogP contribution in [0.5, 0.6) is 0 Å². The van der Waals surface area contributed by atoms with E-state index in [4.69, 9.17) is 21.4 Å². The van der Waals surface area contributed by atoms with Gasteiger partial charge in [0.2, 0.25) is 5.91 Å². The number of aliphatic hydroxyl groups is 3. The highest BCUT2D eigenvalue weighted by Gasteiger charge is 2.45. The monoisotopic (exact) mass is 354 g/mol. The molecule has 0 spiro atoms. The van der Waals surface area contributed by atoms with Crippen LogP contribution in [0, 0.1) is 4.91 Å². The number of hydrogen-bond acceptors (Lipinski definition) is 8. The number of aliphatic hydroxyl groups excluding tert-OH is 3. The van der Waals surface area contributed by atoms with Crippen LogP contribution in [0.25, 0.3) is 0 Å². The van der Waals surface area contributed by atoms with Gasteiger partial charge in [-0.25, -0.2) is 4.79 Å². The van der Waals surface area contributed by atoms with Crippen LogP contribution in [0.15, 0.2) is 5.29 Å². The van der Waals surface area contributed by atoms with E-state index in [1.807, 2.05) is 0 Å². The molecule has 23 heavy (non-hydrogen) atoms. The van der Waals surface area contributed by atoms with Crippen molar-refractivity contribution in [3.8, 4) is 0 Å². The maximum atomic E-state index is 11.9. The Balaban J connectivity index is 2.90. The third-order valence-corrected chi connectivity index (χ3v) is 3.36. The fraction of sp³-hybridized carbons (Fsp3) is 0.818. The van der Waals surface area contributed by atoms with Crippen molar-refractivity contribution >= 4 is 23.5 Å². The molecule has 1 heterocycles. The Morgan fingerprint density at radius 3 is 2.43 bits per heavy atom. The first kappa shape index (κ1) is 19.5. The summed E-state index contributed by atoms with van der Waals surface area (Å²) in [6.45, 7) is 0.376. The summed E-state index contributed by atoms with van der Waals surface area (Å²) in [4.78, 5) is 33.7. The first-order chi connectivity index (χ1) is 10.8. The van der Waals surface area contributed by atoms with E-state index in [0.717, 1.165) is 0 Å². The predicted octanol–water partition coefficient (Wildman–Crippen LogP) is -2.14. The molecule has 1 aliphatic rings. The molecular weight excluding hydrogens is 336 g/mol. The highest BCUT2D eigenvalue weighted by atomic mass is 35.5. The molecule has 0 aromatic rings. The van der Waals surface area contributed by atoms with Crippen molar-refractivity contribution in [2.75, 3.05) is 19.0 Å². The standard InChI is InChI=1S/C11H19ClN4O7/c1-5(18)13-7-9(20)8(19)6(4-17)23-10(7)14-11(21)16(15-22)3-2-12/h6-10,17,19-20H,2-4H2,1H3,(H,13,18)(H,14,21)/t6-,7+,8-,9-,10-/m1/s1. The summed E-state index contributed by atoms with van der Waals surface area (Å²) in [6, 6.07) is -2.17. The number of ether oxygens (including phenoxy) is 1. The average molecular weight is 355 g/mol. The zero-order valence-electron chi connectivity index (χ0n) is 12.3. The van der Waals surface area contributed by atoms with E-state index in [2.05, 4.69) is 15.9 Å². The van der Waals surface area contributed by atoms with Crippen LogP contribution < -0.4 is 10.6 Å². The van der Waals surface area contributed by atoms with Gasteiger partial charge in [0.1, 0.15) is 24.4 Å². The van der Waals surface area contributed by atoms with Crippen LogP contribution in [-0.4, -0.2) is 81.9 Å². The number of halogens is 1. The van der Waals surface area contributed by atoms with E-state index in [-0.39, 0.29) is 12.4 Å². The molecule has 1 fully saturated rings. The zero-order valence-corrected chi connectivity index (χ0v) is 13.0. The quantitative estimate of drug-likeness (QED) is 0.206. The van der Waals surface area contributed by atoms with Crippen molar-refractivity contribution in [1.29, 1.82) is 0 Å². The number of nitroso groups, excluding NO2 is 1. The van der Waals surface area contributed by atoms with Gasteiger partial charge in [0.15, 0.2) is 6.23 Å².